The summed E-state index contributed by atoms with van der Waals surface area (Å²) in [6.45, 7) is 6.20. The van der Waals surface area contributed by atoms with Crippen LogP contribution in [0.3, 0.4) is 0 Å². The van der Waals surface area contributed by atoms with E-state index in [0.717, 1.165) is 11.3 Å². The lowest BCUT2D eigenvalue weighted by atomic mass is 9.90. The quantitative estimate of drug-likeness (QED) is 0.878. The Kier molecular flexibility index (Phi) is 3.91. The number of rotatable bonds is 4. The molecule has 0 saturated carbocycles. The van der Waals surface area contributed by atoms with E-state index in [1.54, 1.807) is 30.9 Å². The van der Waals surface area contributed by atoms with Gasteiger partial charge in [0.2, 0.25) is 0 Å². The zero-order valence-electron chi connectivity index (χ0n) is 14.4. The minimum Gasteiger partial charge on any atom is -0.319 e. The van der Waals surface area contributed by atoms with Gasteiger partial charge in [0, 0.05) is 13.2 Å². The van der Waals surface area contributed by atoms with Crippen LogP contribution in [0.5, 0.6) is 0 Å². The second kappa shape index (κ2) is 5.78. The second-order valence-electron chi connectivity index (χ2n) is 6.67. The molecule has 0 unspecified atom stereocenters. The van der Waals surface area contributed by atoms with Crippen LogP contribution in [0.1, 0.15) is 43.5 Å². The van der Waals surface area contributed by atoms with Gasteiger partial charge in [-0.05, 0) is 30.0 Å². The second-order valence-corrected chi connectivity index (χ2v) is 6.67. The van der Waals surface area contributed by atoms with Crippen molar-refractivity contribution in [3.8, 4) is 0 Å². The standard InChI is InChI=1S/C18H22N4O2/c1-12(2)13-5-7-14(8-6-13)18(3)16(23)22(17(24)20-18)11-15-9-10-19-21(15)4/h5-10,12H,11H2,1-4H3,(H,20,24)/t18-/m1/s1. The Morgan fingerprint density at radius 1 is 1.17 bits per heavy atom. The summed E-state index contributed by atoms with van der Waals surface area (Å²) in [5, 5.41) is 6.91. The lowest BCUT2D eigenvalue weighted by Gasteiger charge is -2.23. The van der Waals surface area contributed by atoms with Gasteiger partial charge in [0.25, 0.3) is 5.91 Å². The Bertz CT molecular complexity index is 779. The van der Waals surface area contributed by atoms with Crippen molar-refractivity contribution in [2.75, 3.05) is 0 Å². The van der Waals surface area contributed by atoms with E-state index in [1.807, 2.05) is 24.3 Å². The van der Waals surface area contributed by atoms with E-state index < -0.39 is 5.54 Å². The number of aromatic nitrogens is 2. The summed E-state index contributed by atoms with van der Waals surface area (Å²) in [6, 6.07) is 9.27. The third kappa shape index (κ3) is 2.58. The highest BCUT2D eigenvalue weighted by molar-refractivity contribution is 6.07. The lowest BCUT2D eigenvalue weighted by Crippen LogP contribution is -2.40. The van der Waals surface area contributed by atoms with Gasteiger partial charge in [-0.3, -0.25) is 14.4 Å². The average Bonchev–Trinajstić information content (AvgIpc) is 3.05. The Hall–Kier alpha value is -2.63. The Balaban J connectivity index is 1.87. The van der Waals surface area contributed by atoms with Gasteiger partial charge in [0.1, 0.15) is 5.54 Å². The fourth-order valence-electron chi connectivity index (χ4n) is 2.96. The van der Waals surface area contributed by atoms with Crippen LogP contribution in [0.25, 0.3) is 0 Å². The number of imide groups is 1. The first kappa shape index (κ1) is 16.2. The van der Waals surface area contributed by atoms with Crippen LogP contribution in [0.4, 0.5) is 4.79 Å². The highest BCUT2D eigenvalue weighted by Gasteiger charge is 2.49. The number of benzene rings is 1. The molecule has 1 aromatic heterocycles. The SMILES string of the molecule is CC(C)c1ccc([C@@]2(C)NC(=O)N(Cc3ccnn3C)C2=O)cc1. The summed E-state index contributed by atoms with van der Waals surface area (Å²) < 4.78 is 1.66. The monoisotopic (exact) mass is 326 g/mol. The number of carbonyl (C=O) groups excluding carboxylic acids is 2. The number of carbonyl (C=O) groups is 2. The van der Waals surface area contributed by atoms with Crippen LogP contribution in [-0.2, 0) is 23.9 Å². The molecule has 2 aromatic rings. The maximum atomic E-state index is 12.9. The van der Waals surface area contributed by atoms with Gasteiger partial charge in [0.15, 0.2) is 0 Å². The molecule has 1 atom stereocenters. The minimum absolute atomic E-state index is 0.209. The first-order valence-corrected chi connectivity index (χ1v) is 8.04. The fourth-order valence-corrected chi connectivity index (χ4v) is 2.96. The minimum atomic E-state index is -1.04. The van der Waals surface area contributed by atoms with E-state index in [4.69, 9.17) is 0 Å². The van der Waals surface area contributed by atoms with Gasteiger partial charge >= 0.3 is 6.03 Å². The van der Waals surface area contributed by atoms with Gasteiger partial charge in [-0.15, -0.1) is 0 Å². The van der Waals surface area contributed by atoms with Crippen molar-refractivity contribution in [1.82, 2.24) is 20.0 Å². The smallest absolute Gasteiger partial charge is 0.319 e. The zero-order chi connectivity index (χ0) is 17.5. The Labute approximate surface area is 141 Å². The molecule has 3 rings (SSSR count). The molecule has 1 saturated heterocycles. The molecule has 6 nitrogen and oxygen atoms in total. The van der Waals surface area contributed by atoms with Gasteiger partial charge in [0.05, 0.1) is 12.2 Å². The molecule has 6 heteroatoms. The summed E-state index contributed by atoms with van der Waals surface area (Å²) in [5.74, 6) is 0.174. The fraction of sp³-hybridized carbons (Fsp3) is 0.389. The van der Waals surface area contributed by atoms with E-state index in [1.165, 1.54) is 10.5 Å². The van der Waals surface area contributed by atoms with Crippen molar-refractivity contribution in [3.63, 3.8) is 0 Å². The molecule has 0 radical (unpaired) electrons. The number of amides is 3. The molecule has 2 heterocycles. The Morgan fingerprint density at radius 3 is 2.38 bits per heavy atom. The van der Waals surface area contributed by atoms with Crippen LogP contribution in [0.2, 0.25) is 0 Å². The molecule has 1 fully saturated rings. The molecule has 1 aromatic carbocycles. The predicted molar refractivity (Wildman–Crippen MR) is 90.2 cm³/mol. The summed E-state index contributed by atoms with van der Waals surface area (Å²) in [5.41, 5.74) is 1.76. The molecule has 3 amide bonds. The zero-order valence-corrected chi connectivity index (χ0v) is 14.4. The van der Waals surface area contributed by atoms with Crippen molar-refractivity contribution in [1.29, 1.82) is 0 Å². The predicted octanol–water partition coefficient (Wildman–Crippen LogP) is 2.51. The third-order valence-electron chi connectivity index (χ3n) is 4.67. The van der Waals surface area contributed by atoms with Crippen LogP contribution in [0.15, 0.2) is 36.5 Å². The van der Waals surface area contributed by atoms with Crippen LogP contribution >= 0.6 is 0 Å². The first-order valence-electron chi connectivity index (χ1n) is 8.04. The van der Waals surface area contributed by atoms with E-state index in [0.29, 0.717) is 5.92 Å². The van der Waals surface area contributed by atoms with E-state index in [9.17, 15) is 9.59 Å². The van der Waals surface area contributed by atoms with Gasteiger partial charge in [-0.1, -0.05) is 38.1 Å². The number of hydrogen-bond donors (Lipinski definition) is 1. The molecule has 1 N–H and O–H groups in total. The molecular weight excluding hydrogens is 304 g/mol. The summed E-state index contributed by atoms with van der Waals surface area (Å²) >= 11 is 0. The topological polar surface area (TPSA) is 67.2 Å². The number of aryl methyl sites for hydroxylation is 1. The van der Waals surface area contributed by atoms with E-state index in [-0.39, 0.29) is 18.5 Å². The van der Waals surface area contributed by atoms with Crippen LogP contribution < -0.4 is 5.32 Å². The first-order chi connectivity index (χ1) is 11.3. The van der Waals surface area contributed by atoms with Crippen molar-refractivity contribution < 1.29 is 9.59 Å². The lowest BCUT2D eigenvalue weighted by molar-refractivity contribution is -0.131. The largest absolute Gasteiger partial charge is 0.325 e. The maximum Gasteiger partial charge on any atom is 0.325 e. The van der Waals surface area contributed by atoms with Crippen molar-refractivity contribution >= 4 is 11.9 Å². The maximum absolute atomic E-state index is 12.9. The molecule has 126 valence electrons. The van der Waals surface area contributed by atoms with Crippen molar-refractivity contribution in [2.45, 2.75) is 38.8 Å². The van der Waals surface area contributed by atoms with E-state index in [2.05, 4.69) is 24.3 Å². The molecule has 1 aliphatic heterocycles. The number of urea groups is 1. The number of nitrogens with zero attached hydrogens (tertiary/aromatic N) is 3. The summed E-state index contributed by atoms with van der Waals surface area (Å²) in [4.78, 5) is 26.5. The summed E-state index contributed by atoms with van der Waals surface area (Å²) in [7, 11) is 1.79. The number of nitrogens with one attached hydrogen (secondary N) is 1. The Morgan fingerprint density at radius 2 is 1.83 bits per heavy atom. The van der Waals surface area contributed by atoms with Crippen LogP contribution in [-0.4, -0.2) is 26.6 Å². The average molecular weight is 326 g/mol. The van der Waals surface area contributed by atoms with Crippen molar-refractivity contribution in [2.24, 2.45) is 7.05 Å². The highest BCUT2D eigenvalue weighted by Crippen LogP contribution is 2.30. The van der Waals surface area contributed by atoms with Gasteiger partial charge in [-0.2, -0.15) is 5.10 Å². The molecule has 1 aliphatic rings. The third-order valence-corrected chi connectivity index (χ3v) is 4.67. The van der Waals surface area contributed by atoms with Gasteiger partial charge < -0.3 is 5.32 Å². The summed E-state index contributed by atoms with van der Waals surface area (Å²) in [6.07, 6.45) is 1.65. The molecule has 0 bridgehead atoms. The van der Waals surface area contributed by atoms with Gasteiger partial charge in [-0.25, -0.2) is 4.79 Å². The molecule has 0 spiro atoms. The normalized spacial score (nSPS) is 20.8. The van der Waals surface area contributed by atoms with Crippen LogP contribution in [0, 0.1) is 0 Å². The molecular formula is C18H22N4O2. The van der Waals surface area contributed by atoms with Crippen molar-refractivity contribution in [3.05, 3.63) is 53.3 Å². The van der Waals surface area contributed by atoms with E-state index >= 15 is 0 Å². The highest BCUT2D eigenvalue weighted by atomic mass is 16.2. The molecule has 24 heavy (non-hydrogen) atoms. The molecule has 0 aliphatic carbocycles. The number of hydrogen-bond acceptors (Lipinski definition) is 3.